The Morgan fingerprint density at radius 3 is 2.11 bits per heavy atom. The highest BCUT2D eigenvalue weighted by molar-refractivity contribution is 5.51. The SMILES string of the molecule is C#CCCC(O)c1c(OC)cc(OC)cc1OC. The number of methoxy groups -OCH3 is 3. The molecule has 98 valence electrons. The van der Waals surface area contributed by atoms with E-state index < -0.39 is 6.10 Å². The van der Waals surface area contributed by atoms with Crippen molar-refractivity contribution in [1.29, 1.82) is 0 Å². The van der Waals surface area contributed by atoms with E-state index in [-0.39, 0.29) is 0 Å². The Bertz CT molecular complexity index is 409. The van der Waals surface area contributed by atoms with Crippen LogP contribution in [0.3, 0.4) is 0 Å². The first kappa shape index (κ1) is 14.2. The zero-order valence-electron chi connectivity index (χ0n) is 10.9. The average Bonchev–Trinajstić information content (AvgIpc) is 2.42. The van der Waals surface area contributed by atoms with Crippen molar-refractivity contribution in [2.75, 3.05) is 21.3 Å². The van der Waals surface area contributed by atoms with Gasteiger partial charge in [0.1, 0.15) is 17.2 Å². The van der Waals surface area contributed by atoms with Gasteiger partial charge in [-0.1, -0.05) is 0 Å². The number of hydrogen-bond donors (Lipinski definition) is 1. The van der Waals surface area contributed by atoms with Crippen LogP contribution in [0, 0.1) is 12.3 Å². The van der Waals surface area contributed by atoms with Crippen molar-refractivity contribution in [3.63, 3.8) is 0 Å². The largest absolute Gasteiger partial charge is 0.496 e. The highest BCUT2D eigenvalue weighted by atomic mass is 16.5. The maximum atomic E-state index is 10.1. The third-order valence-electron chi connectivity index (χ3n) is 2.65. The summed E-state index contributed by atoms with van der Waals surface area (Å²) in [5.41, 5.74) is 0.594. The molecule has 0 amide bonds. The first-order chi connectivity index (χ1) is 8.67. The van der Waals surface area contributed by atoms with Crippen LogP contribution < -0.4 is 14.2 Å². The fraction of sp³-hybridized carbons (Fsp3) is 0.429. The first-order valence-corrected chi connectivity index (χ1v) is 5.59. The smallest absolute Gasteiger partial charge is 0.132 e. The Morgan fingerprint density at radius 1 is 1.17 bits per heavy atom. The molecule has 0 bridgehead atoms. The van der Waals surface area contributed by atoms with E-state index in [1.165, 1.54) is 14.2 Å². The Balaban J connectivity index is 3.18. The summed E-state index contributed by atoms with van der Waals surface area (Å²) >= 11 is 0. The van der Waals surface area contributed by atoms with Gasteiger partial charge in [0.2, 0.25) is 0 Å². The average molecular weight is 250 g/mol. The fourth-order valence-electron chi connectivity index (χ4n) is 1.73. The molecule has 0 aliphatic heterocycles. The van der Waals surface area contributed by atoms with Gasteiger partial charge in [0, 0.05) is 18.6 Å². The summed E-state index contributed by atoms with van der Waals surface area (Å²) in [5, 5.41) is 10.1. The molecule has 18 heavy (non-hydrogen) atoms. The van der Waals surface area contributed by atoms with E-state index in [1.807, 2.05) is 0 Å². The number of benzene rings is 1. The summed E-state index contributed by atoms with van der Waals surface area (Å²) in [6.07, 6.45) is 5.41. The predicted octanol–water partition coefficient (Wildman–Crippen LogP) is 2.16. The van der Waals surface area contributed by atoms with E-state index in [0.717, 1.165) is 0 Å². The van der Waals surface area contributed by atoms with E-state index in [4.69, 9.17) is 20.6 Å². The molecule has 0 fully saturated rings. The van der Waals surface area contributed by atoms with Crippen molar-refractivity contribution >= 4 is 0 Å². The van der Waals surface area contributed by atoms with Gasteiger partial charge in [-0.25, -0.2) is 0 Å². The number of terminal acetylenes is 1. The van der Waals surface area contributed by atoms with Gasteiger partial charge in [-0.05, 0) is 6.42 Å². The van der Waals surface area contributed by atoms with Gasteiger partial charge >= 0.3 is 0 Å². The molecule has 0 saturated carbocycles. The van der Waals surface area contributed by atoms with Gasteiger partial charge in [-0.2, -0.15) is 0 Å². The summed E-state index contributed by atoms with van der Waals surface area (Å²) in [7, 11) is 4.62. The van der Waals surface area contributed by atoms with Crippen LogP contribution in [0.2, 0.25) is 0 Å². The third kappa shape index (κ3) is 3.08. The van der Waals surface area contributed by atoms with Crippen molar-refractivity contribution in [2.45, 2.75) is 18.9 Å². The molecule has 0 spiro atoms. The topological polar surface area (TPSA) is 47.9 Å². The first-order valence-electron chi connectivity index (χ1n) is 5.59. The molecule has 0 radical (unpaired) electrons. The molecule has 4 nitrogen and oxygen atoms in total. The fourth-order valence-corrected chi connectivity index (χ4v) is 1.73. The van der Waals surface area contributed by atoms with E-state index in [2.05, 4.69) is 5.92 Å². The Morgan fingerprint density at radius 2 is 1.72 bits per heavy atom. The molecular weight excluding hydrogens is 232 g/mol. The zero-order chi connectivity index (χ0) is 13.5. The van der Waals surface area contributed by atoms with Gasteiger partial charge in [0.05, 0.1) is 33.0 Å². The molecule has 1 unspecified atom stereocenters. The minimum atomic E-state index is -0.725. The second-order valence-electron chi connectivity index (χ2n) is 3.70. The number of hydrogen-bond acceptors (Lipinski definition) is 4. The van der Waals surface area contributed by atoms with Crippen LogP contribution in [-0.4, -0.2) is 26.4 Å². The molecule has 1 aromatic rings. The van der Waals surface area contributed by atoms with Crippen molar-refractivity contribution in [2.24, 2.45) is 0 Å². The highest BCUT2D eigenvalue weighted by Crippen LogP contribution is 2.39. The predicted molar refractivity (Wildman–Crippen MR) is 69.1 cm³/mol. The van der Waals surface area contributed by atoms with Crippen LogP contribution in [0.1, 0.15) is 24.5 Å². The number of rotatable bonds is 6. The summed E-state index contributed by atoms with van der Waals surface area (Å²) < 4.78 is 15.7. The van der Waals surface area contributed by atoms with Gasteiger partial charge in [-0.3, -0.25) is 0 Å². The van der Waals surface area contributed by atoms with Crippen LogP contribution in [0.5, 0.6) is 17.2 Å². The molecule has 0 aliphatic rings. The molecule has 0 heterocycles. The van der Waals surface area contributed by atoms with Gasteiger partial charge in [0.15, 0.2) is 0 Å². The lowest BCUT2D eigenvalue weighted by molar-refractivity contribution is 0.160. The van der Waals surface area contributed by atoms with Crippen molar-refractivity contribution < 1.29 is 19.3 Å². The van der Waals surface area contributed by atoms with Crippen molar-refractivity contribution in [3.8, 4) is 29.6 Å². The minimum absolute atomic E-state index is 0.454. The molecule has 0 aromatic heterocycles. The molecular formula is C14H18O4. The zero-order valence-corrected chi connectivity index (χ0v) is 10.9. The maximum absolute atomic E-state index is 10.1. The number of aliphatic hydroxyl groups is 1. The Hall–Kier alpha value is -1.86. The van der Waals surface area contributed by atoms with Gasteiger partial charge in [0.25, 0.3) is 0 Å². The van der Waals surface area contributed by atoms with Crippen LogP contribution in [0.4, 0.5) is 0 Å². The lowest BCUT2D eigenvalue weighted by Gasteiger charge is -2.18. The summed E-state index contributed by atoms with van der Waals surface area (Å²) in [4.78, 5) is 0. The highest BCUT2D eigenvalue weighted by Gasteiger charge is 2.20. The Labute approximate surface area is 107 Å². The third-order valence-corrected chi connectivity index (χ3v) is 2.65. The van der Waals surface area contributed by atoms with E-state index in [0.29, 0.717) is 35.7 Å². The minimum Gasteiger partial charge on any atom is -0.496 e. The van der Waals surface area contributed by atoms with Crippen molar-refractivity contribution in [3.05, 3.63) is 17.7 Å². The molecule has 1 aromatic carbocycles. The van der Waals surface area contributed by atoms with Gasteiger partial charge in [-0.15, -0.1) is 12.3 Å². The summed E-state index contributed by atoms with van der Waals surface area (Å²) in [5.74, 6) is 4.16. The van der Waals surface area contributed by atoms with Crippen LogP contribution >= 0.6 is 0 Å². The number of aliphatic hydroxyl groups excluding tert-OH is 1. The molecule has 4 heteroatoms. The Kier molecular flexibility index (Phi) is 5.34. The second-order valence-corrected chi connectivity index (χ2v) is 3.70. The normalized spacial score (nSPS) is 11.5. The maximum Gasteiger partial charge on any atom is 0.132 e. The van der Waals surface area contributed by atoms with E-state index in [1.54, 1.807) is 19.2 Å². The lowest BCUT2D eigenvalue weighted by Crippen LogP contribution is -2.04. The lowest BCUT2D eigenvalue weighted by atomic mass is 10.0. The summed E-state index contributed by atoms with van der Waals surface area (Å²) in [6, 6.07) is 3.41. The molecule has 1 atom stereocenters. The van der Waals surface area contributed by atoms with Crippen molar-refractivity contribution in [1.82, 2.24) is 0 Å². The van der Waals surface area contributed by atoms with E-state index >= 15 is 0 Å². The monoisotopic (exact) mass is 250 g/mol. The van der Waals surface area contributed by atoms with Crippen LogP contribution in [0.15, 0.2) is 12.1 Å². The van der Waals surface area contributed by atoms with Crippen LogP contribution in [0.25, 0.3) is 0 Å². The molecule has 1 rings (SSSR count). The quantitative estimate of drug-likeness (QED) is 0.786. The van der Waals surface area contributed by atoms with E-state index in [9.17, 15) is 5.11 Å². The molecule has 0 saturated heterocycles. The van der Waals surface area contributed by atoms with Crippen LogP contribution in [-0.2, 0) is 0 Å². The standard InChI is InChI=1S/C14H18O4/c1-5-6-7-11(15)14-12(17-3)8-10(16-2)9-13(14)18-4/h1,8-9,11,15H,6-7H2,2-4H3. The molecule has 1 N–H and O–H groups in total. The number of ether oxygens (including phenoxy) is 3. The second kappa shape index (κ2) is 6.77. The van der Waals surface area contributed by atoms with Gasteiger partial charge < -0.3 is 19.3 Å². The molecule has 0 aliphatic carbocycles. The summed E-state index contributed by atoms with van der Waals surface area (Å²) in [6.45, 7) is 0.